The van der Waals surface area contributed by atoms with Gasteiger partial charge in [0.2, 0.25) is 0 Å². The van der Waals surface area contributed by atoms with Gasteiger partial charge in [0.15, 0.2) is 5.75 Å². The highest BCUT2D eigenvalue weighted by atomic mass is 35.5. The first-order chi connectivity index (χ1) is 14.9. The maximum Gasteiger partial charge on any atom is 0.342 e. The lowest BCUT2D eigenvalue weighted by Crippen LogP contribution is -2.23. The molecule has 0 spiro atoms. The predicted octanol–water partition coefficient (Wildman–Crippen LogP) is 4.40. The lowest BCUT2D eigenvalue weighted by molar-refractivity contribution is 0.0590. The van der Waals surface area contributed by atoms with Crippen LogP contribution in [0.25, 0.3) is 10.9 Å². The van der Waals surface area contributed by atoms with Crippen LogP contribution in [0.4, 0.5) is 4.39 Å². The molecule has 1 amide bonds. The number of carbonyl (C=O) groups excluding carboxylic acids is 2. The average molecular weight is 441 g/mol. The van der Waals surface area contributed by atoms with Crippen LogP contribution in [0.3, 0.4) is 0 Å². The summed E-state index contributed by atoms with van der Waals surface area (Å²) in [7, 11) is 1.20. The van der Waals surface area contributed by atoms with E-state index in [1.165, 1.54) is 19.4 Å². The Labute approximate surface area is 182 Å². The average Bonchev–Trinajstić information content (AvgIpc) is 3.34. The number of pyridine rings is 1. The summed E-state index contributed by atoms with van der Waals surface area (Å²) < 4.78 is 19.2. The number of fused-ring (bicyclic) bond motifs is 5. The summed E-state index contributed by atoms with van der Waals surface area (Å²) in [5, 5.41) is 11.5. The third-order valence-electron chi connectivity index (χ3n) is 6.09. The van der Waals surface area contributed by atoms with Gasteiger partial charge in [0.25, 0.3) is 5.91 Å². The van der Waals surface area contributed by atoms with E-state index in [1.54, 1.807) is 23.1 Å². The fraction of sp³-hybridized carbons (Fsp3) is 0.261. The molecule has 31 heavy (non-hydrogen) atoms. The topological polar surface area (TPSA) is 79.7 Å². The number of hydrogen-bond acceptors (Lipinski definition) is 5. The third kappa shape index (κ3) is 2.87. The van der Waals surface area contributed by atoms with Crippen LogP contribution in [0.15, 0.2) is 30.5 Å². The minimum Gasteiger partial charge on any atom is -0.505 e. The summed E-state index contributed by atoms with van der Waals surface area (Å²) in [6, 6.07) is 6.43. The van der Waals surface area contributed by atoms with Crippen molar-refractivity contribution in [2.24, 2.45) is 0 Å². The Morgan fingerprint density at radius 1 is 1.42 bits per heavy atom. The third-order valence-corrected chi connectivity index (χ3v) is 6.38. The van der Waals surface area contributed by atoms with Gasteiger partial charge in [0, 0.05) is 24.5 Å². The second kappa shape index (κ2) is 7.20. The molecule has 2 aliphatic rings. The Balaban J connectivity index is 1.74. The summed E-state index contributed by atoms with van der Waals surface area (Å²) in [5.41, 5.74) is 2.04. The number of phenolic OH excluding ortho intramolecular Hbond substituents is 1. The molecule has 1 aromatic heterocycles. The molecular formula is C23H18ClFN2O4. The Morgan fingerprint density at radius 2 is 2.23 bits per heavy atom. The summed E-state index contributed by atoms with van der Waals surface area (Å²) in [6.45, 7) is 0.585. The highest BCUT2D eigenvalue weighted by Crippen LogP contribution is 2.48. The zero-order valence-electron chi connectivity index (χ0n) is 16.6. The van der Waals surface area contributed by atoms with Crippen LogP contribution < -0.4 is 0 Å². The first-order valence-corrected chi connectivity index (χ1v) is 10.3. The number of rotatable bonds is 3. The SMILES string of the molecule is COC(=O)c1c2c(c3cc(Cc4cccc(Cl)c4F)cnc3c1O)[C@H]1CCCN1C2=O. The van der Waals surface area contributed by atoms with Gasteiger partial charge in [-0.2, -0.15) is 0 Å². The zero-order valence-corrected chi connectivity index (χ0v) is 17.4. The molecule has 5 rings (SSSR count). The quantitative estimate of drug-likeness (QED) is 0.610. The molecule has 2 aliphatic heterocycles. The van der Waals surface area contributed by atoms with Crippen LogP contribution in [-0.4, -0.2) is 40.5 Å². The van der Waals surface area contributed by atoms with Gasteiger partial charge in [0.1, 0.15) is 16.9 Å². The van der Waals surface area contributed by atoms with Gasteiger partial charge >= 0.3 is 5.97 Å². The van der Waals surface area contributed by atoms with Gasteiger partial charge in [-0.05, 0) is 41.7 Å². The van der Waals surface area contributed by atoms with Gasteiger partial charge in [-0.3, -0.25) is 9.78 Å². The predicted molar refractivity (Wildman–Crippen MR) is 112 cm³/mol. The van der Waals surface area contributed by atoms with Crippen molar-refractivity contribution in [3.05, 3.63) is 69.1 Å². The molecule has 3 heterocycles. The normalized spacial score (nSPS) is 17.2. The van der Waals surface area contributed by atoms with Crippen LogP contribution in [0, 0.1) is 5.82 Å². The van der Waals surface area contributed by atoms with Crippen molar-refractivity contribution >= 4 is 34.4 Å². The number of methoxy groups -OCH3 is 1. The fourth-order valence-electron chi connectivity index (χ4n) is 4.73. The second-order valence-electron chi connectivity index (χ2n) is 7.79. The number of esters is 1. The minimum atomic E-state index is -0.781. The van der Waals surface area contributed by atoms with E-state index in [0.29, 0.717) is 28.6 Å². The zero-order chi connectivity index (χ0) is 21.9. The van der Waals surface area contributed by atoms with Crippen LogP contribution in [0.5, 0.6) is 5.75 Å². The van der Waals surface area contributed by atoms with E-state index in [-0.39, 0.29) is 45.8 Å². The van der Waals surface area contributed by atoms with Crippen molar-refractivity contribution in [3.63, 3.8) is 0 Å². The molecule has 2 aromatic carbocycles. The Bertz CT molecular complexity index is 1280. The first kappa shape index (κ1) is 19.8. The number of aromatic hydroxyl groups is 1. The van der Waals surface area contributed by atoms with Crippen molar-refractivity contribution in [3.8, 4) is 5.75 Å². The van der Waals surface area contributed by atoms with Crippen molar-refractivity contribution in [2.45, 2.75) is 25.3 Å². The molecular weight excluding hydrogens is 423 g/mol. The molecule has 3 aromatic rings. The molecule has 0 bridgehead atoms. The molecule has 1 N–H and O–H groups in total. The van der Waals surface area contributed by atoms with E-state index in [4.69, 9.17) is 16.3 Å². The van der Waals surface area contributed by atoms with Gasteiger partial charge < -0.3 is 14.7 Å². The largest absolute Gasteiger partial charge is 0.505 e. The summed E-state index contributed by atoms with van der Waals surface area (Å²) in [4.78, 5) is 31.6. The minimum absolute atomic E-state index is 0.0414. The number of amides is 1. The molecule has 0 radical (unpaired) electrons. The molecule has 0 unspecified atom stereocenters. The van der Waals surface area contributed by atoms with Crippen molar-refractivity contribution < 1.29 is 23.8 Å². The monoisotopic (exact) mass is 440 g/mol. The first-order valence-electron chi connectivity index (χ1n) is 9.92. The maximum absolute atomic E-state index is 14.4. The Hall–Kier alpha value is -3.19. The number of aromatic nitrogens is 1. The molecule has 1 saturated heterocycles. The number of benzene rings is 2. The summed E-state index contributed by atoms with van der Waals surface area (Å²) >= 11 is 5.90. The number of phenols is 1. The lowest BCUT2D eigenvalue weighted by atomic mass is 9.91. The van der Waals surface area contributed by atoms with Crippen molar-refractivity contribution in [1.29, 1.82) is 0 Å². The van der Waals surface area contributed by atoms with Crippen LogP contribution in [-0.2, 0) is 11.2 Å². The maximum atomic E-state index is 14.4. The smallest absolute Gasteiger partial charge is 0.342 e. The van der Waals surface area contributed by atoms with E-state index in [2.05, 4.69) is 4.98 Å². The van der Waals surface area contributed by atoms with Crippen molar-refractivity contribution in [1.82, 2.24) is 9.88 Å². The van der Waals surface area contributed by atoms with E-state index in [0.717, 1.165) is 12.8 Å². The standard InChI is InChI=1S/C23H18ClFN2O4/c1-31-23(30)18-17-16(15-6-3-7-27(15)22(17)29)13-9-11(10-26-20(13)21(18)28)8-12-4-2-5-14(24)19(12)25/h2,4-5,9-10,15,28H,3,6-8H2,1H3/t15-/m1/s1. The van der Waals surface area contributed by atoms with Crippen molar-refractivity contribution in [2.75, 3.05) is 13.7 Å². The van der Waals surface area contributed by atoms with Crippen LogP contribution >= 0.6 is 11.6 Å². The molecule has 0 saturated carbocycles. The van der Waals surface area contributed by atoms with Gasteiger partial charge in [0.05, 0.1) is 23.7 Å². The summed E-state index contributed by atoms with van der Waals surface area (Å²) in [6.07, 6.45) is 3.38. The Morgan fingerprint density at radius 3 is 3.00 bits per heavy atom. The second-order valence-corrected chi connectivity index (χ2v) is 8.20. The van der Waals surface area contributed by atoms with Gasteiger partial charge in [-0.25, -0.2) is 9.18 Å². The van der Waals surface area contributed by atoms with Gasteiger partial charge in [-0.15, -0.1) is 0 Å². The van der Waals surface area contributed by atoms with Gasteiger partial charge in [-0.1, -0.05) is 23.7 Å². The highest BCUT2D eigenvalue weighted by molar-refractivity contribution is 6.30. The van der Waals surface area contributed by atoms with E-state index >= 15 is 0 Å². The fourth-order valence-corrected chi connectivity index (χ4v) is 4.93. The highest BCUT2D eigenvalue weighted by Gasteiger charge is 2.45. The number of ether oxygens (including phenoxy) is 1. The number of carbonyl (C=O) groups is 2. The molecule has 6 nitrogen and oxygen atoms in total. The van der Waals surface area contributed by atoms with Crippen LogP contribution in [0.2, 0.25) is 5.02 Å². The molecule has 1 fully saturated rings. The number of hydrogen-bond donors (Lipinski definition) is 1. The number of nitrogens with zero attached hydrogens (tertiary/aromatic N) is 2. The van der Waals surface area contributed by atoms with Crippen LogP contribution in [0.1, 0.15) is 56.3 Å². The lowest BCUT2D eigenvalue weighted by Gasteiger charge is -2.16. The molecule has 1 atom stereocenters. The van der Waals surface area contributed by atoms with E-state index in [1.807, 2.05) is 0 Å². The number of halogens is 2. The van der Waals surface area contributed by atoms with E-state index < -0.39 is 11.8 Å². The Kier molecular flexibility index (Phi) is 4.59. The summed E-state index contributed by atoms with van der Waals surface area (Å²) in [5.74, 6) is -1.94. The molecule has 158 valence electrons. The molecule has 8 heteroatoms. The molecule has 0 aliphatic carbocycles. The van der Waals surface area contributed by atoms with E-state index in [9.17, 15) is 19.1 Å².